The first-order valence-corrected chi connectivity index (χ1v) is 7.10. The van der Waals surface area contributed by atoms with Crippen molar-refractivity contribution < 1.29 is 9.53 Å². The first-order valence-electron chi connectivity index (χ1n) is 7.10. The van der Waals surface area contributed by atoms with Gasteiger partial charge in [0.15, 0.2) is 0 Å². The molecule has 1 amide bonds. The summed E-state index contributed by atoms with van der Waals surface area (Å²) < 4.78 is 7.42. The number of amides is 1. The lowest BCUT2D eigenvalue weighted by Crippen LogP contribution is -2.29. The topological polar surface area (TPSA) is 56.1 Å². The van der Waals surface area contributed by atoms with Crippen LogP contribution in [0, 0.1) is 6.92 Å². The normalized spacial score (nSPS) is 10.5. The third-order valence-electron chi connectivity index (χ3n) is 3.07. The molecule has 0 spiro atoms. The minimum absolute atomic E-state index is 0.0267. The minimum atomic E-state index is 0.0267. The summed E-state index contributed by atoms with van der Waals surface area (Å²) >= 11 is 0. The Morgan fingerprint density at radius 1 is 1.38 bits per heavy atom. The Kier molecular flexibility index (Phi) is 5.97. The molecule has 0 bridgehead atoms. The lowest BCUT2D eigenvalue weighted by molar-refractivity contribution is -0.120. The number of nitrogens with one attached hydrogen (secondary N) is 1. The van der Waals surface area contributed by atoms with E-state index >= 15 is 0 Å². The van der Waals surface area contributed by atoms with Gasteiger partial charge in [-0.2, -0.15) is 0 Å². The van der Waals surface area contributed by atoms with E-state index < -0.39 is 0 Å². The highest BCUT2D eigenvalue weighted by atomic mass is 16.5. The van der Waals surface area contributed by atoms with Crippen molar-refractivity contribution >= 4 is 5.91 Å². The van der Waals surface area contributed by atoms with Crippen LogP contribution in [0.4, 0.5) is 0 Å². The van der Waals surface area contributed by atoms with Crippen molar-refractivity contribution in [2.45, 2.75) is 19.9 Å². The monoisotopic (exact) mass is 287 g/mol. The maximum Gasteiger partial charge on any atom is 0.224 e. The van der Waals surface area contributed by atoms with Gasteiger partial charge in [0.05, 0.1) is 26.0 Å². The molecule has 0 aliphatic rings. The minimum Gasteiger partial charge on any atom is -0.378 e. The molecule has 1 aromatic carbocycles. The number of aryl methyl sites for hydroxylation is 1. The summed E-state index contributed by atoms with van der Waals surface area (Å²) in [6.07, 6.45) is 5.81. The summed E-state index contributed by atoms with van der Waals surface area (Å²) in [7, 11) is 0. The fourth-order valence-electron chi connectivity index (χ4n) is 2.02. The second-order valence-electron chi connectivity index (χ2n) is 4.93. The number of ether oxygens (including phenoxy) is 1. The molecule has 1 N–H and O–H groups in total. The zero-order valence-corrected chi connectivity index (χ0v) is 12.3. The predicted octanol–water partition coefficient (Wildman–Crippen LogP) is 1.57. The van der Waals surface area contributed by atoms with Gasteiger partial charge in [-0.3, -0.25) is 4.79 Å². The number of rotatable bonds is 8. The van der Waals surface area contributed by atoms with Gasteiger partial charge in [-0.25, -0.2) is 4.98 Å². The van der Waals surface area contributed by atoms with Crippen LogP contribution in [-0.4, -0.2) is 35.2 Å². The number of carbonyl (C=O) groups excluding carboxylic acids is 1. The van der Waals surface area contributed by atoms with Crippen molar-refractivity contribution in [2.24, 2.45) is 0 Å². The maximum atomic E-state index is 11.8. The fraction of sp³-hybridized carbons (Fsp3) is 0.375. The maximum absolute atomic E-state index is 11.8. The Bertz CT molecular complexity index is 552. The van der Waals surface area contributed by atoms with E-state index in [1.54, 1.807) is 12.5 Å². The molecule has 0 aliphatic carbocycles. The van der Waals surface area contributed by atoms with Crippen LogP contribution < -0.4 is 5.32 Å². The van der Waals surface area contributed by atoms with Crippen molar-refractivity contribution in [1.29, 1.82) is 0 Å². The standard InChI is InChI=1S/C16H21N3O2/c1-14-3-2-4-15(11-14)12-16(20)18-6-9-21-10-8-19-7-5-17-13-19/h2-5,7,11,13H,6,8-10,12H2,1H3,(H,18,20). The average molecular weight is 287 g/mol. The van der Waals surface area contributed by atoms with Gasteiger partial charge in [0.1, 0.15) is 0 Å². The Hall–Kier alpha value is -2.14. The van der Waals surface area contributed by atoms with Gasteiger partial charge < -0.3 is 14.6 Å². The zero-order chi connectivity index (χ0) is 14.9. The molecule has 0 saturated carbocycles. The van der Waals surface area contributed by atoms with Crippen molar-refractivity contribution in [3.8, 4) is 0 Å². The molecule has 0 unspecified atom stereocenters. The number of hydrogen-bond donors (Lipinski definition) is 1. The summed E-state index contributed by atoms with van der Waals surface area (Å²) in [5.74, 6) is 0.0267. The van der Waals surface area contributed by atoms with Crippen LogP contribution in [0.1, 0.15) is 11.1 Å². The summed E-state index contributed by atoms with van der Waals surface area (Å²) in [6.45, 7) is 4.47. The molecule has 0 fully saturated rings. The Balaban J connectivity index is 1.55. The number of imidazole rings is 1. The lowest BCUT2D eigenvalue weighted by Gasteiger charge is -2.07. The van der Waals surface area contributed by atoms with Crippen molar-refractivity contribution in [3.05, 3.63) is 54.1 Å². The molecule has 2 rings (SSSR count). The van der Waals surface area contributed by atoms with Crippen LogP contribution >= 0.6 is 0 Å². The van der Waals surface area contributed by atoms with Crippen LogP contribution in [0.25, 0.3) is 0 Å². The zero-order valence-electron chi connectivity index (χ0n) is 12.3. The van der Waals surface area contributed by atoms with Crippen LogP contribution in [0.2, 0.25) is 0 Å². The molecule has 5 nitrogen and oxygen atoms in total. The van der Waals surface area contributed by atoms with Crippen LogP contribution in [0.3, 0.4) is 0 Å². The van der Waals surface area contributed by atoms with Gasteiger partial charge >= 0.3 is 0 Å². The molecule has 0 radical (unpaired) electrons. The third-order valence-corrected chi connectivity index (χ3v) is 3.07. The van der Waals surface area contributed by atoms with E-state index in [2.05, 4.69) is 10.3 Å². The molecular formula is C16H21N3O2. The Morgan fingerprint density at radius 3 is 3.05 bits per heavy atom. The molecule has 112 valence electrons. The molecule has 2 aromatic rings. The lowest BCUT2D eigenvalue weighted by atomic mass is 10.1. The van der Waals surface area contributed by atoms with Crippen molar-refractivity contribution in [3.63, 3.8) is 0 Å². The molecule has 5 heteroatoms. The van der Waals surface area contributed by atoms with Crippen LogP contribution in [0.15, 0.2) is 43.0 Å². The molecular weight excluding hydrogens is 266 g/mol. The largest absolute Gasteiger partial charge is 0.378 e. The van der Waals surface area contributed by atoms with Gasteiger partial charge in [0.25, 0.3) is 0 Å². The van der Waals surface area contributed by atoms with Gasteiger partial charge in [0, 0.05) is 25.5 Å². The molecule has 0 atom stereocenters. The number of carbonyl (C=O) groups is 1. The summed E-state index contributed by atoms with van der Waals surface area (Å²) in [5.41, 5.74) is 2.21. The molecule has 1 heterocycles. The molecule has 1 aromatic heterocycles. The Labute approximate surface area is 125 Å². The van der Waals surface area contributed by atoms with E-state index in [-0.39, 0.29) is 5.91 Å². The van der Waals surface area contributed by atoms with Gasteiger partial charge in [-0.15, -0.1) is 0 Å². The van der Waals surface area contributed by atoms with Gasteiger partial charge in [0.2, 0.25) is 5.91 Å². The number of aromatic nitrogens is 2. The first kappa shape index (κ1) is 15.3. The number of nitrogens with zero attached hydrogens (tertiary/aromatic N) is 2. The second-order valence-corrected chi connectivity index (χ2v) is 4.93. The summed E-state index contributed by atoms with van der Waals surface area (Å²) in [5, 5.41) is 2.86. The quantitative estimate of drug-likeness (QED) is 0.750. The number of hydrogen-bond acceptors (Lipinski definition) is 3. The van der Waals surface area contributed by atoms with Crippen LogP contribution in [0.5, 0.6) is 0 Å². The van der Waals surface area contributed by atoms with E-state index in [1.807, 2.05) is 42.0 Å². The average Bonchev–Trinajstić information content (AvgIpc) is 2.96. The fourth-order valence-corrected chi connectivity index (χ4v) is 2.02. The molecule has 21 heavy (non-hydrogen) atoms. The van der Waals surface area contributed by atoms with E-state index in [0.717, 1.165) is 12.1 Å². The van der Waals surface area contributed by atoms with E-state index in [9.17, 15) is 4.79 Å². The summed E-state index contributed by atoms with van der Waals surface area (Å²) in [6, 6.07) is 7.99. The van der Waals surface area contributed by atoms with Crippen molar-refractivity contribution in [2.75, 3.05) is 19.8 Å². The molecule has 0 saturated heterocycles. The highest BCUT2D eigenvalue weighted by molar-refractivity contribution is 5.78. The first-order chi connectivity index (χ1) is 10.2. The predicted molar refractivity (Wildman–Crippen MR) is 80.9 cm³/mol. The SMILES string of the molecule is Cc1cccc(CC(=O)NCCOCCn2ccnc2)c1. The van der Waals surface area contributed by atoms with E-state index in [4.69, 9.17) is 4.74 Å². The summed E-state index contributed by atoms with van der Waals surface area (Å²) in [4.78, 5) is 15.7. The van der Waals surface area contributed by atoms with E-state index in [1.165, 1.54) is 5.56 Å². The van der Waals surface area contributed by atoms with Crippen LogP contribution in [-0.2, 0) is 22.5 Å². The smallest absolute Gasteiger partial charge is 0.224 e. The third kappa shape index (κ3) is 5.79. The van der Waals surface area contributed by atoms with E-state index in [0.29, 0.717) is 26.2 Å². The molecule has 0 aliphatic heterocycles. The van der Waals surface area contributed by atoms with Crippen molar-refractivity contribution in [1.82, 2.24) is 14.9 Å². The number of benzene rings is 1. The Morgan fingerprint density at radius 2 is 2.29 bits per heavy atom. The highest BCUT2D eigenvalue weighted by Crippen LogP contribution is 2.04. The highest BCUT2D eigenvalue weighted by Gasteiger charge is 2.02. The van der Waals surface area contributed by atoms with Gasteiger partial charge in [-0.05, 0) is 12.5 Å². The van der Waals surface area contributed by atoms with Gasteiger partial charge in [-0.1, -0.05) is 29.8 Å². The second kappa shape index (κ2) is 8.21.